The summed E-state index contributed by atoms with van der Waals surface area (Å²) >= 11 is 0. The predicted molar refractivity (Wildman–Crippen MR) is 76.5 cm³/mol. The average molecular weight is 262 g/mol. The lowest BCUT2D eigenvalue weighted by Crippen LogP contribution is -2.39. The summed E-state index contributed by atoms with van der Waals surface area (Å²) in [5.41, 5.74) is 1.64. The minimum Gasteiger partial charge on any atom is -0.462 e. The Bertz CT molecular complexity index is 397. The van der Waals surface area contributed by atoms with E-state index >= 15 is 0 Å². The summed E-state index contributed by atoms with van der Waals surface area (Å²) in [6, 6.07) is 8.01. The van der Waals surface area contributed by atoms with E-state index in [1.807, 2.05) is 19.1 Å². The summed E-state index contributed by atoms with van der Waals surface area (Å²) in [6.07, 6.45) is 3.82. The fourth-order valence-electron chi connectivity index (χ4n) is 2.28. The van der Waals surface area contributed by atoms with Gasteiger partial charge in [-0.1, -0.05) is 6.42 Å². The Morgan fingerprint density at radius 1 is 1.37 bits per heavy atom. The first-order chi connectivity index (χ1) is 9.29. The molecule has 1 aliphatic heterocycles. The number of piperidine rings is 1. The molecule has 0 bridgehead atoms. The Hall–Kier alpha value is -1.55. The number of hydrogen-bond donors (Lipinski definition) is 2. The maximum atomic E-state index is 11.5. The smallest absolute Gasteiger partial charge is 0.338 e. The topological polar surface area (TPSA) is 50.4 Å². The van der Waals surface area contributed by atoms with Crippen molar-refractivity contribution in [1.82, 2.24) is 5.32 Å². The summed E-state index contributed by atoms with van der Waals surface area (Å²) in [5.74, 6) is -0.261. The first-order valence-corrected chi connectivity index (χ1v) is 7.04. The van der Waals surface area contributed by atoms with E-state index in [0.29, 0.717) is 18.2 Å². The lowest BCUT2D eigenvalue weighted by molar-refractivity contribution is 0.0526. The minimum atomic E-state index is -0.261. The summed E-state index contributed by atoms with van der Waals surface area (Å²) in [4.78, 5) is 11.5. The molecule has 0 aliphatic carbocycles. The number of hydrogen-bond acceptors (Lipinski definition) is 4. The zero-order valence-electron chi connectivity index (χ0n) is 11.4. The average Bonchev–Trinajstić information content (AvgIpc) is 2.47. The molecule has 1 aromatic rings. The molecule has 0 spiro atoms. The van der Waals surface area contributed by atoms with Crippen LogP contribution in [-0.4, -0.2) is 31.7 Å². The van der Waals surface area contributed by atoms with Gasteiger partial charge in [0, 0.05) is 18.3 Å². The predicted octanol–water partition coefficient (Wildman–Crippen LogP) is 2.42. The highest BCUT2D eigenvalue weighted by atomic mass is 16.5. The van der Waals surface area contributed by atoms with Crippen molar-refractivity contribution < 1.29 is 9.53 Å². The van der Waals surface area contributed by atoms with Gasteiger partial charge in [-0.05, 0) is 50.6 Å². The molecule has 4 nitrogen and oxygen atoms in total. The first-order valence-electron chi connectivity index (χ1n) is 7.04. The van der Waals surface area contributed by atoms with Crippen LogP contribution in [-0.2, 0) is 4.74 Å². The molecule has 0 saturated carbocycles. The van der Waals surface area contributed by atoms with Crippen LogP contribution in [0.2, 0.25) is 0 Å². The molecular weight excluding hydrogens is 240 g/mol. The highest BCUT2D eigenvalue weighted by molar-refractivity contribution is 5.89. The highest BCUT2D eigenvalue weighted by Crippen LogP contribution is 2.12. The lowest BCUT2D eigenvalue weighted by Gasteiger charge is -2.24. The van der Waals surface area contributed by atoms with Gasteiger partial charge in [0.1, 0.15) is 0 Å². The van der Waals surface area contributed by atoms with Gasteiger partial charge in [-0.2, -0.15) is 0 Å². The van der Waals surface area contributed by atoms with Gasteiger partial charge in [0.2, 0.25) is 0 Å². The van der Waals surface area contributed by atoms with Crippen molar-refractivity contribution in [1.29, 1.82) is 0 Å². The normalized spacial score (nSPS) is 18.9. The molecule has 0 amide bonds. The van der Waals surface area contributed by atoms with E-state index in [2.05, 4.69) is 10.6 Å². The highest BCUT2D eigenvalue weighted by Gasteiger charge is 2.12. The number of benzene rings is 1. The van der Waals surface area contributed by atoms with Crippen molar-refractivity contribution >= 4 is 11.7 Å². The largest absolute Gasteiger partial charge is 0.462 e. The molecular formula is C15H22N2O2. The number of carbonyl (C=O) groups is 1. The van der Waals surface area contributed by atoms with Gasteiger partial charge in [0.05, 0.1) is 12.2 Å². The second kappa shape index (κ2) is 7.14. The van der Waals surface area contributed by atoms with Gasteiger partial charge in [-0.15, -0.1) is 0 Å². The molecule has 104 valence electrons. The molecule has 1 aromatic carbocycles. The summed E-state index contributed by atoms with van der Waals surface area (Å²) < 4.78 is 4.95. The molecule has 1 atom stereocenters. The first kappa shape index (κ1) is 13.9. The summed E-state index contributed by atoms with van der Waals surface area (Å²) in [5, 5.41) is 6.90. The van der Waals surface area contributed by atoms with E-state index in [1.165, 1.54) is 19.3 Å². The van der Waals surface area contributed by atoms with E-state index in [0.717, 1.165) is 18.8 Å². The second-order valence-electron chi connectivity index (χ2n) is 4.83. The van der Waals surface area contributed by atoms with Crippen molar-refractivity contribution in [3.8, 4) is 0 Å². The van der Waals surface area contributed by atoms with Crippen LogP contribution in [0.5, 0.6) is 0 Å². The van der Waals surface area contributed by atoms with E-state index < -0.39 is 0 Å². The van der Waals surface area contributed by atoms with E-state index in [4.69, 9.17) is 4.74 Å². The third-order valence-electron chi connectivity index (χ3n) is 3.36. The molecule has 2 rings (SSSR count). The van der Waals surface area contributed by atoms with Crippen LogP contribution in [0.1, 0.15) is 36.5 Å². The molecule has 1 saturated heterocycles. The zero-order valence-corrected chi connectivity index (χ0v) is 11.4. The molecule has 4 heteroatoms. The Balaban J connectivity index is 1.82. The fourth-order valence-corrected chi connectivity index (χ4v) is 2.28. The standard InChI is InChI=1S/C15H22N2O2/c1-2-19-15(18)12-6-8-13(9-7-12)17-11-14-5-3-4-10-16-14/h6-9,14,16-17H,2-5,10-11H2,1H3. The number of esters is 1. The van der Waals surface area contributed by atoms with Gasteiger partial charge >= 0.3 is 5.97 Å². The summed E-state index contributed by atoms with van der Waals surface area (Å²) in [7, 11) is 0. The number of rotatable bonds is 5. The molecule has 0 aromatic heterocycles. The summed E-state index contributed by atoms with van der Waals surface area (Å²) in [6.45, 7) is 4.27. The van der Waals surface area contributed by atoms with Gasteiger partial charge in [0.25, 0.3) is 0 Å². The monoisotopic (exact) mass is 262 g/mol. The van der Waals surface area contributed by atoms with Gasteiger partial charge in [-0.3, -0.25) is 0 Å². The minimum absolute atomic E-state index is 0.261. The SMILES string of the molecule is CCOC(=O)c1ccc(NCC2CCCCN2)cc1. The quantitative estimate of drug-likeness (QED) is 0.800. The molecule has 2 N–H and O–H groups in total. The van der Waals surface area contributed by atoms with Crippen molar-refractivity contribution in [2.75, 3.05) is 25.0 Å². The molecule has 1 heterocycles. The van der Waals surface area contributed by atoms with Crippen LogP contribution in [0, 0.1) is 0 Å². The third-order valence-corrected chi connectivity index (χ3v) is 3.36. The van der Waals surface area contributed by atoms with Crippen molar-refractivity contribution in [3.63, 3.8) is 0 Å². The molecule has 1 fully saturated rings. The number of carbonyl (C=O) groups excluding carboxylic acids is 1. The van der Waals surface area contributed by atoms with E-state index in [-0.39, 0.29) is 5.97 Å². The Morgan fingerprint density at radius 3 is 2.79 bits per heavy atom. The molecule has 0 radical (unpaired) electrons. The van der Waals surface area contributed by atoms with Gasteiger partial charge in [-0.25, -0.2) is 4.79 Å². The Morgan fingerprint density at radius 2 is 2.16 bits per heavy atom. The maximum absolute atomic E-state index is 11.5. The Labute approximate surface area is 114 Å². The molecule has 1 unspecified atom stereocenters. The van der Waals surface area contributed by atoms with Crippen LogP contribution in [0.25, 0.3) is 0 Å². The molecule has 19 heavy (non-hydrogen) atoms. The van der Waals surface area contributed by atoms with Crippen molar-refractivity contribution in [2.24, 2.45) is 0 Å². The van der Waals surface area contributed by atoms with Crippen LogP contribution < -0.4 is 10.6 Å². The van der Waals surface area contributed by atoms with Crippen LogP contribution in [0.15, 0.2) is 24.3 Å². The zero-order chi connectivity index (χ0) is 13.5. The Kier molecular flexibility index (Phi) is 5.21. The van der Waals surface area contributed by atoms with Crippen LogP contribution >= 0.6 is 0 Å². The van der Waals surface area contributed by atoms with E-state index in [9.17, 15) is 4.79 Å². The number of ether oxygens (including phenoxy) is 1. The molecule has 1 aliphatic rings. The fraction of sp³-hybridized carbons (Fsp3) is 0.533. The lowest BCUT2D eigenvalue weighted by atomic mass is 10.1. The maximum Gasteiger partial charge on any atom is 0.338 e. The van der Waals surface area contributed by atoms with Gasteiger partial charge in [0.15, 0.2) is 0 Å². The number of nitrogens with one attached hydrogen (secondary N) is 2. The third kappa shape index (κ3) is 4.24. The second-order valence-corrected chi connectivity index (χ2v) is 4.83. The van der Waals surface area contributed by atoms with Gasteiger partial charge < -0.3 is 15.4 Å². The number of anilines is 1. The van der Waals surface area contributed by atoms with Crippen molar-refractivity contribution in [3.05, 3.63) is 29.8 Å². The van der Waals surface area contributed by atoms with Crippen LogP contribution in [0.4, 0.5) is 5.69 Å². The van der Waals surface area contributed by atoms with E-state index in [1.54, 1.807) is 12.1 Å². The van der Waals surface area contributed by atoms with Crippen LogP contribution in [0.3, 0.4) is 0 Å². The van der Waals surface area contributed by atoms with Crippen molar-refractivity contribution in [2.45, 2.75) is 32.2 Å².